The Morgan fingerprint density at radius 2 is 2.20 bits per heavy atom. The molecule has 0 heterocycles. The number of para-hydroxylation sites is 1. The Morgan fingerprint density at radius 3 is 2.87 bits per heavy atom. The SMILES string of the molecule is CCCCCOc1cccc(C=O)c1O. The molecule has 0 unspecified atom stereocenters. The molecule has 3 heteroatoms. The van der Waals surface area contributed by atoms with Gasteiger partial charge in [0.15, 0.2) is 17.8 Å². The Balaban J connectivity index is 2.57. The first kappa shape index (κ1) is 11.6. The van der Waals surface area contributed by atoms with Crippen LogP contribution in [0.15, 0.2) is 18.2 Å². The number of aromatic hydroxyl groups is 1. The van der Waals surface area contributed by atoms with Gasteiger partial charge in [-0.15, -0.1) is 0 Å². The van der Waals surface area contributed by atoms with Crippen LogP contribution in [0.2, 0.25) is 0 Å². The van der Waals surface area contributed by atoms with E-state index < -0.39 is 0 Å². The zero-order chi connectivity index (χ0) is 11.1. The van der Waals surface area contributed by atoms with Crippen molar-refractivity contribution in [2.45, 2.75) is 26.2 Å². The number of aldehydes is 1. The van der Waals surface area contributed by atoms with Gasteiger partial charge in [-0.3, -0.25) is 4.79 Å². The minimum Gasteiger partial charge on any atom is -0.504 e. The summed E-state index contributed by atoms with van der Waals surface area (Å²) in [5.41, 5.74) is 0.267. The van der Waals surface area contributed by atoms with Gasteiger partial charge in [-0.25, -0.2) is 0 Å². The molecular formula is C12H16O3. The van der Waals surface area contributed by atoms with Crippen LogP contribution in [0.1, 0.15) is 36.5 Å². The Hall–Kier alpha value is -1.51. The van der Waals surface area contributed by atoms with E-state index in [1.165, 1.54) is 0 Å². The molecule has 0 saturated heterocycles. The molecule has 0 spiro atoms. The van der Waals surface area contributed by atoms with Crippen molar-refractivity contribution in [1.29, 1.82) is 0 Å². The molecule has 15 heavy (non-hydrogen) atoms. The van der Waals surface area contributed by atoms with Crippen LogP contribution >= 0.6 is 0 Å². The van der Waals surface area contributed by atoms with Gasteiger partial charge < -0.3 is 9.84 Å². The predicted molar refractivity (Wildman–Crippen MR) is 58.5 cm³/mol. The van der Waals surface area contributed by atoms with E-state index >= 15 is 0 Å². The highest BCUT2D eigenvalue weighted by atomic mass is 16.5. The highest BCUT2D eigenvalue weighted by molar-refractivity contribution is 5.80. The molecule has 0 amide bonds. The first-order valence-electron chi connectivity index (χ1n) is 5.19. The third-order valence-corrected chi connectivity index (χ3v) is 2.16. The molecule has 0 saturated carbocycles. The van der Waals surface area contributed by atoms with Gasteiger partial charge in [0.2, 0.25) is 0 Å². The fourth-order valence-corrected chi connectivity index (χ4v) is 1.29. The first-order chi connectivity index (χ1) is 7.29. The second kappa shape index (κ2) is 6.06. The molecule has 3 nitrogen and oxygen atoms in total. The third-order valence-electron chi connectivity index (χ3n) is 2.16. The maximum Gasteiger partial charge on any atom is 0.168 e. The standard InChI is InChI=1S/C12H16O3/c1-2-3-4-8-15-11-7-5-6-10(9-13)12(11)14/h5-7,9,14H,2-4,8H2,1H3. The first-order valence-corrected chi connectivity index (χ1v) is 5.19. The smallest absolute Gasteiger partial charge is 0.168 e. The van der Waals surface area contributed by atoms with Crippen molar-refractivity contribution in [3.05, 3.63) is 23.8 Å². The number of hydrogen-bond donors (Lipinski definition) is 1. The maximum atomic E-state index is 10.5. The molecule has 1 aromatic rings. The van der Waals surface area contributed by atoms with E-state index in [0.29, 0.717) is 18.6 Å². The van der Waals surface area contributed by atoms with Gasteiger partial charge in [0.25, 0.3) is 0 Å². The van der Waals surface area contributed by atoms with Crippen LogP contribution in [0, 0.1) is 0 Å². The van der Waals surface area contributed by atoms with Crippen molar-refractivity contribution < 1.29 is 14.6 Å². The quantitative estimate of drug-likeness (QED) is 0.577. The average molecular weight is 208 g/mol. The van der Waals surface area contributed by atoms with Crippen molar-refractivity contribution >= 4 is 6.29 Å². The van der Waals surface area contributed by atoms with E-state index in [0.717, 1.165) is 19.3 Å². The van der Waals surface area contributed by atoms with Crippen molar-refractivity contribution in [2.24, 2.45) is 0 Å². The number of ether oxygens (including phenoxy) is 1. The lowest BCUT2D eigenvalue weighted by atomic mass is 10.2. The zero-order valence-corrected chi connectivity index (χ0v) is 8.90. The van der Waals surface area contributed by atoms with Crippen LogP contribution in [0.25, 0.3) is 0 Å². The average Bonchev–Trinajstić information content (AvgIpc) is 2.26. The van der Waals surface area contributed by atoms with Gasteiger partial charge in [-0.1, -0.05) is 25.8 Å². The second-order valence-electron chi connectivity index (χ2n) is 3.37. The normalized spacial score (nSPS) is 9.93. The fourth-order valence-electron chi connectivity index (χ4n) is 1.29. The summed E-state index contributed by atoms with van der Waals surface area (Å²) < 4.78 is 5.37. The Kier molecular flexibility index (Phi) is 4.68. The summed E-state index contributed by atoms with van der Waals surface area (Å²) in [6, 6.07) is 4.91. The van der Waals surface area contributed by atoms with Crippen LogP contribution in [0.3, 0.4) is 0 Å². The van der Waals surface area contributed by atoms with E-state index in [1.54, 1.807) is 18.2 Å². The lowest BCUT2D eigenvalue weighted by molar-refractivity contribution is 0.112. The second-order valence-corrected chi connectivity index (χ2v) is 3.37. The van der Waals surface area contributed by atoms with Gasteiger partial charge in [0.05, 0.1) is 12.2 Å². The molecule has 1 N–H and O–H groups in total. The number of phenols is 1. The number of unbranched alkanes of at least 4 members (excludes halogenated alkanes) is 2. The summed E-state index contributed by atoms with van der Waals surface area (Å²) >= 11 is 0. The largest absolute Gasteiger partial charge is 0.504 e. The number of carbonyl (C=O) groups is 1. The third kappa shape index (κ3) is 3.27. The topological polar surface area (TPSA) is 46.5 Å². The molecule has 82 valence electrons. The number of carbonyl (C=O) groups excluding carboxylic acids is 1. The van der Waals surface area contributed by atoms with E-state index in [-0.39, 0.29) is 11.3 Å². The van der Waals surface area contributed by atoms with Crippen LogP contribution in [-0.2, 0) is 0 Å². The Bertz CT molecular complexity index is 321. The molecule has 0 atom stereocenters. The summed E-state index contributed by atoms with van der Waals surface area (Å²) in [7, 11) is 0. The van der Waals surface area contributed by atoms with Crippen molar-refractivity contribution in [1.82, 2.24) is 0 Å². The summed E-state index contributed by atoms with van der Waals surface area (Å²) in [4.78, 5) is 10.5. The van der Waals surface area contributed by atoms with Gasteiger partial charge in [-0.05, 0) is 18.6 Å². The summed E-state index contributed by atoms with van der Waals surface area (Å²) in [6.07, 6.45) is 3.81. The van der Waals surface area contributed by atoms with E-state index in [1.807, 2.05) is 0 Å². The lowest BCUT2D eigenvalue weighted by Crippen LogP contribution is -1.98. The molecule has 1 aromatic carbocycles. The highest BCUT2D eigenvalue weighted by Gasteiger charge is 2.06. The number of hydrogen-bond acceptors (Lipinski definition) is 3. The molecule has 0 radical (unpaired) electrons. The van der Waals surface area contributed by atoms with E-state index in [2.05, 4.69) is 6.92 Å². The number of benzene rings is 1. The van der Waals surface area contributed by atoms with Crippen molar-refractivity contribution in [3.63, 3.8) is 0 Å². The lowest BCUT2D eigenvalue weighted by Gasteiger charge is -2.08. The van der Waals surface area contributed by atoms with Crippen LogP contribution < -0.4 is 4.74 Å². The highest BCUT2D eigenvalue weighted by Crippen LogP contribution is 2.28. The Morgan fingerprint density at radius 1 is 1.40 bits per heavy atom. The number of phenolic OH excluding ortho intramolecular Hbond substituents is 1. The van der Waals surface area contributed by atoms with E-state index in [4.69, 9.17) is 4.74 Å². The zero-order valence-electron chi connectivity index (χ0n) is 8.90. The predicted octanol–water partition coefficient (Wildman–Crippen LogP) is 2.77. The maximum absolute atomic E-state index is 10.5. The van der Waals surface area contributed by atoms with Gasteiger partial charge >= 0.3 is 0 Å². The number of rotatable bonds is 6. The van der Waals surface area contributed by atoms with Crippen molar-refractivity contribution in [2.75, 3.05) is 6.61 Å². The van der Waals surface area contributed by atoms with Crippen LogP contribution in [0.4, 0.5) is 0 Å². The molecule has 1 rings (SSSR count). The van der Waals surface area contributed by atoms with Gasteiger partial charge in [-0.2, -0.15) is 0 Å². The Labute approximate surface area is 89.7 Å². The molecular weight excluding hydrogens is 192 g/mol. The summed E-state index contributed by atoms with van der Waals surface area (Å²) in [5, 5.41) is 9.59. The molecule has 0 aliphatic carbocycles. The fraction of sp³-hybridized carbons (Fsp3) is 0.417. The molecule has 0 fully saturated rings. The van der Waals surface area contributed by atoms with Crippen LogP contribution in [-0.4, -0.2) is 18.0 Å². The van der Waals surface area contributed by atoms with Gasteiger partial charge in [0.1, 0.15) is 0 Å². The monoisotopic (exact) mass is 208 g/mol. The summed E-state index contributed by atoms with van der Waals surface area (Å²) in [5.74, 6) is 0.319. The van der Waals surface area contributed by atoms with Crippen molar-refractivity contribution in [3.8, 4) is 11.5 Å². The van der Waals surface area contributed by atoms with E-state index in [9.17, 15) is 9.90 Å². The molecule has 0 aromatic heterocycles. The summed E-state index contributed by atoms with van der Waals surface area (Å²) in [6.45, 7) is 2.69. The molecule has 0 bridgehead atoms. The minimum absolute atomic E-state index is 0.0657. The van der Waals surface area contributed by atoms with Crippen LogP contribution in [0.5, 0.6) is 11.5 Å². The van der Waals surface area contributed by atoms with Gasteiger partial charge in [0, 0.05) is 0 Å². The molecule has 0 aliphatic heterocycles. The minimum atomic E-state index is -0.0657. The molecule has 0 aliphatic rings.